The minimum atomic E-state index is -4.18. The smallest absolute Gasteiger partial charge is 0.459 e. The highest BCUT2D eigenvalue weighted by Gasteiger charge is 2.52. The van der Waals surface area contributed by atoms with Crippen molar-refractivity contribution in [2.24, 2.45) is 5.73 Å². The molecule has 35 heavy (non-hydrogen) atoms. The van der Waals surface area contributed by atoms with Gasteiger partial charge in [0.2, 0.25) is 0 Å². The van der Waals surface area contributed by atoms with Crippen molar-refractivity contribution in [3.8, 4) is 5.75 Å². The Morgan fingerprint density at radius 2 is 2.06 bits per heavy atom. The number of aromatic nitrogens is 2. The molecule has 6 unspecified atom stereocenters. The molecule has 192 valence electrons. The molecule has 1 aromatic heterocycles. The minimum Gasteiger partial charge on any atom is -0.465 e. The number of nitrogens with two attached hydrogens (primary N) is 2. The van der Waals surface area contributed by atoms with Crippen molar-refractivity contribution in [2.75, 3.05) is 18.9 Å². The van der Waals surface area contributed by atoms with Gasteiger partial charge in [-0.2, -0.15) is 10.1 Å². The first-order valence-electron chi connectivity index (χ1n) is 10.9. The number of nitrogen functional groups attached to an aromatic ring is 1. The van der Waals surface area contributed by atoms with Crippen LogP contribution in [0, 0.1) is 0 Å². The lowest BCUT2D eigenvalue weighted by molar-refractivity contribution is -0.144. The van der Waals surface area contributed by atoms with Gasteiger partial charge in [-0.3, -0.25) is 13.9 Å². The molecule has 3 rings (SSSR count). The van der Waals surface area contributed by atoms with Crippen LogP contribution in [0.15, 0.2) is 47.4 Å². The number of benzene rings is 1. The van der Waals surface area contributed by atoms with Gasteiger partial charge in [0.05, 0.1) is 18.8 Å². The Morgan fingerprint density at radius 3 is 2.69 bits per heavy atom. The highest BCUT2D eigenvalue weighted by atomic mass is 31.2. The maximum atomic E-state index is 13.6. The summed E-state index contributed by atoms with van der Waals surface area (Å²) >= 11 is 0. The summed E-state index contributed by atoms with van der Waals surface area (Å²) < 4.78 is 36.5. The van der Waals surface area contributed by atoms with Gasteiger partial charge >= 0.3 is 19.4 Å². The summed E-state index contributed by atoms with van der Waals surface area (Å²) in [6.45, 7) is 4.26. The molecule has 2 aromatic rings. The summed E-state index contributed by atoms with van der Waals surface area (Å²) in [4.78, 5) is 28.0. The third-order valence-electron chi connectivity index (χ3n) is 5.30. The number of ether oxygens (including phenoxy) is 2. The zero-order chi connectivity index (χ0) is 25.8. The van der Waals surface area contributed by atoms with Crippen molar-refractivity contribution < 1.29 is 33.0 Å². The van der Waals surface area contributed by atoms with Crippen LogP contribution < -0.4 is 26.8 Å². The molecule has 1 aliphatic heterocycles. The Hall–Kier alpha value is -2.80. The van der Waals surface area contributed by atoms with Crippen molar-refractivity contribution >= 4 is 19.5 Å². The summed E-state index contributed by atoms with van der Waals surface area (Å²) in [6, 6.07) is 8.54. The van der Waals surface area contributed by atoms with E-state index in [0.717, 1.165) is 4.57 Å². The molecule has 0 aliphatic carbocycles. The molecular weight excluding hydrogens is 481 g/mol. The Labute approximate surface area is 201 Å². The summed E-state index contributed by atoms with van der Waals surface area (Å²) in [5.74, 6) is -0.424. The molecule has 1 saturated heterocycles. The summed E-state index contributed by atoms with van der Waals surface area (Å²) in [5.41, 5.74) is 9.66. The van der Waals surface area contributed by atoms with Crippen LogP contribution in [0.4, 0.5) is 5.82 Å². The normalized spacial score (nSPS) is 26.6. The van der Waals surface area contributed by atoms with Crippen LogP contribution in [0.1, 0.15) is 27.0 Å². The van der Waals surface area contributed by atoms with E-state index in [2.05, 4.69) is 10.1 Å². The lowest BCUT2D eigenvalue weighted by atomic mass is 9.93. The number of esters is 1. The number of anilines is 1. The average Bonchev–Trinajstić information content (AvgIpc) is 3.02. The highest BCUT2D eigenvalue weighted by molar-refractivity contribution is 7.52. The summed E-state index contributed by atoms with van der Waals surface area (Å²) in [5, 5.41) is 13.3. The maximum Gasteiger partial charge on any atom is 0.459 e. The molecule has 0 saturated carbocycles. The van der Waals surface area contributed by atoms with Crippen molar-refractivity contribution in [3.63, 3.8) is 0 Å². The van der Waals surface area contributed by atoms with Crippen LogP contribution in [-0.2, 0) is 23.4 Å². The van der Waals surface area contributed by atoms with E-state index in [0.29, 0.717) is 0 Å². The number of aliphatic hydroxyl groups is 1. The largest absolute Gasteiger partial charge is 0.465 e. The quantitative estimate of drug-likeness (QED) is 0.256. The number of para-hydroxylation sites is 1. The van der Waals surface area contributed by atoms with Gasteiger partial charge in [-0.1, -0.05) is 18.2 Å². The van der Waals surface area contributed by atoms with Gasteiger partial charge in [-0.15, -0.1) is 0 Å². The molecule has 6 atom stereocenters. The third kappa shape index (κ3) is 6.26. The highest BCUT2D eigenvalue weighted by Crippen LogP contribution is 2.46. The first-order valence-corrected chi connectivity index (χ1v) is 12.4. The molecule has 0 bridgehead atoms. The molecule has 0 radical (unpaired) electrons. The average molecular weight is 511 g/mol. The van der Waals surface area contributed by atoms with Crippen LogP contribution in [0.5, 0.6) is 5.75 Å². The van der Waals surface area contributed by atoms with Crippen LogP contribution in [0.2, 0.25) is 0 Å². The molecule has 6 N–H and O–H groups in total. The van der Waals surface area contributed by atoms with Gasteiger partial charge in [-0.05, 0) is 39.0 Å². The zero-order valence-corrected chi connectivity index (χ0v) is 20.5. The van der Waals surface area contributed by atoms with Gasteiger partial charge in [0, 0.05) is 6.20 Å². The van der Waals surface area contributed by atoms with Crippen molar-refractivity contribution in [2.45, 2.75) is 50.8 Å². The fraction of sp³-hybridized carbons (Fsp3) is 0.476. The Bertz CT molecular complexity index is 1130. The third-order valence-corrected chi connectivity index (χ3v) is 6.94. The summed E-state index contributed by atoms with van der Waals surface area (Å²) in [7, 11) is -4.18. The van der Waals surface area contributed by atoms with Gasteiger partial charge in [0.25, 0.3) is 0 Å². The number of hydrogen-bond donors (Lipinski definition) is 4. The van der Waals surface area contributed by atoms with E-state index in [-0.39, 0.29) is 18.2 Å². The molecule has 0 spiro atoms. The Kier molecular flexibility index (Phi) is 8.31. The number of nitrogens with zero attached hydrogens (tertiary/aromatic N) is 2. The standard InChI is InChI=1S/C21H30N5O8P/c1-4-31-18(28)13(2)25-35(30,34-14-8-6-5-7-9-14)32-12-15-17(27)21(3,23)19(33-15)26-11-10-16(22)24-20(26)29/h5-11,13,15,17,19,27H,4,12,23H2,1-3H3,(H,25,30)(H2,22,24,29). The molecule has 1 aliphatic rings. The molecule has 14 heteroatoms. The Balaban J connectivity index is 1.79. The number of aliphatic hydroxyl groups excluding tert-OH is 1. The SMILES string of the molecule is CCOC(=O)C(C)NP(=O)(OCC1OC(n2ccc(N)nc2=O)C(C)(N)C1O)Oc1ccccc1. The lowest BCUT2D eigenvalue weighted by Gasteiger charge is -2.28. The van der Waals surface area contributed by atoms with E-state index >= 15 is 0 Å². The number of hydrogen-bond acceptors (Lipinski definition) is 11. The molecule has 0 amide bonds. The second-order valence-electron chi connectivity index (χ2n) is 8.18. The second kappa shape index (κ2) is 10.9. The Morgan fingerprint density at radius 1 is 1.37 bits per heavy atom. The van der Waals surface area contributed by atoms with E-state index in [4.69, 9.17) is 30.0 Å². The van der Waals surface area contributed by atoms with E-state index < -0.39 is 56.0 Å². The second-order valence-corrected chi connectivity index (χ2v) is 9.87. The number of nitrogens with one attached hydrogen (secondary N) is 1. The van der Waals surface area contributed by atoms with Gasteiger partial charge < -0.3 is 30.6 Å². The minimum absolute atomic E-state index is 0.0178. The van der Waals surface area contributed by atoms with Crippen molar-refractivity contribution in [1.29, 1.82) is 0 Å². The number of carbonyl (C=O) groups excluding carboxylic acids is 1. The number of rotatable bonds is 10. The zero-order valence-electron chi connectivity index (χ0n) is 19.6. The monoisotopic (exact) mass is 511 g/mol. The molecular formula is C21H30N5O8P. The first kappa shape index (κ1) is 26.8. The van der Waals surface area contributed by atoms with Gasteiger partial charge in [-0.25, -0.2) is 9.36 Å². The van der Waals surface area contributed by atoms with E-state index in [9.17, 15) is 19.3 Å². The fourth-order valence-electron chi connectivity index (χ4n) is 3.47. The van der Waals surface area contributed by atoms with Gasteiger partial charge in [0.1, 0.15) is 29.8 Å². The topological polar surface area (TPSA) is 190 Å². The van der Waals surface area contributed by atoms with E-state index in [1.807, 2.05) is 0 Å². The van der Waals surface area contributed by atoms with Crippen LogP contribution in [0.3, 0.4) is 0 Å². The fourth-order valence-corrected chi connectivity index (χ4v) is 4.97. The van der Waals surface area contributed by atoms with Crippen molar-refractivity contribution in [1.82, 2.24) is 14.6 Å². The predicted molar refractivity (Wildman–Crippen MR) is 125 cm³/mol. The molecule has 1 fully saturated rings. The molecule has 2 heterocycles. The first-order chi connectivity index (χ1) is 16.5. The van der Waals surface area contributed by atoms with Crippen LogP contribution >= 0.6 is 7.75 Å². The summed E-state index contributed by atoms with van der Waals surface area (Å²) in [6.07, 6.45) is -2.20. The maximum absolute atomic E-state index is 13.6. The van der Waals surface area contributed by atoms with Crippen LogP contribution in [-0.4, -0.2) is 57.6 Å². The van der Waals surface area contributed by atoms with Crippen LogP contribution in [0.25, 0.3) is 0 Å². The lowest BCUT2D eigenvalue weighted by Crippen LogP contribution is -2.53. The van der Waals surface area contributed by atoms with E-state index in [1.54, 1.807) is 37.3 Å². The predicted octanol–water partition coefficient (Wildman–Crippen LogP) is 0.546. The van der Waals surface area contributed by atoms with E-state index in [1.165, 1.54) is 26.1 Å². The van der Waals surface area contributed by atoms with Gasteiger partial charge in [0.15, 0.2) is 6.23 Å². The molecule has 1 aromatic carbocycles. The van der Waals surface area contributed by atoms with Crippen molar-refractivity contribution in [3.05, 3.63) is 53.1 Å². The number of carbonyl (C=O) groups is 1. The molecule has 13 nitrogen and oxygen atoms in total.